The maximum absolute atomic E-state index is 6.85. The van der Waals surface area contributed by atoms with E-state index in [4.69, 9.17) is 16.3 Å². The third-order valence-electron chi connectivity index (χ3n) is 8.47. The molecule has 3 aromatic carbocycles. The fourth-order valence-electron chi connectivity index (χ4n) is 7.12. The summed E-state index contributed by atoms with van der Waals surface area (Å²) < 4.78 is 6.85. The number of benzene rings is 3. The maximum atomic E-state index is 6.85. The van der Waals surface area contributed by atoms with E-state index in [-0.39, 0.29) is 11.6 Å². The zero-order valence-corrected chi connectivity index (χ0v) is 19.8. The highest BCUT2D eigenvalue weighted by atomic mass is 35.5. The van der Waals surface area contributed by atoms with E-state index < -0.39 is 0 Å². The number of halogens is 1. The van der Waals surface area contributed by atoms with Gasteiger partial charge >= 0.3 is 0 Å². The van der Waals surface area contributed by atoms with Crippen LogP contribution in [0.5, 0.6) is 5.75 Å². The van der Waals surface area contributed by atoms with Crippen molar-refractivity contribution in [2.75, 3.05) is 13.1 Å². The lowest BCUT2D eigenvalue weighted by Gasteiger charge is -2.61. The van der Waals surface area contributed by atoms with Crippen LogP contribution in [-0.4, -0.2) is 29.6 Å². The average Bonchev–Trinajstić information content (AvgIpc) is 3.43. The largest absolute Gasteiger partial charge is 0.490 e. The molecule has 1 saturated heterocycles. The highest BCUT2D eigenvalue weighted by molar-refractivity contribution is 6.30. The summed E-state index contributed by atoms with van der Waals surface area (Å²) in [6.45, 7) is 2.45. The van der Waals surface area contributed by atoms with Crippen LogP contribution >= 0.6 is 11.6 Å². The van der Waals surface area contributed by atoms with Gasteiger partial charge in [-0.3, -0.25) is 4.90 Å². The van der Waals surface area contributed by atoms with Crippen molar-refractivity contribution < 1.29 is 4.74 Å². The summed E-state index contributed by atoms with van der Waals surface area (Å²) in [5, 5.41) is 0.755. The fraction of sp³-hybridized carbons (Fsp3) is 0.400. The lowest BCUT2D eigenvalue weighted by molar-refractivity contribution is -0.0891. The van der Waals surface area contributed by atoms with E-state index in [1.165, 1.54) is 49.9 Å². The SMILES string of the molecule is Clc1ccc(O[C@@H]2CC3(N4CCCC4)C[C@@H](c4ccccc4)C2[C@H](c2ccccc2)C3)cc1. The smallest absolute Gasteiger partial charge is 0.119 e. The van der Waals surface area contributed by atoms with Gasteiger partial charge < -0.3 is 4.74 Å². The number of rotatable bonds is 5. The van der Waals surface area contributed by atoms with Gasteiger partial charge in [-0.05, 0) is 86.0 Å². The van der Waals surface area contributed by atoms with Crippen molar-refractivity contribution in [3.8, 4) is 5.75 Å². The fourth-order valence-corrected chi connectivity index (χ4v) is 7.24. The van der Waals surface area contributed by atoms with Gasteiger partial charge in [-0.25, -0.2) is 0 Å². The second kappa shape index (κ2) is 8.81. The van der Waals surface area contributed by atoms with Gasteiger partial charge in [-0.1, -0.05) is 72.3 Å². The predicted molar refractivity (Wildman–Crippen MR) is 135 cm³/mol. The average molecular weight is 458 g/mol. The monoisotopic (exact) mass is 457 g/mol. The second-order valence-electron chi connectivity index (χ2n) is 10.3. The first kappa shape index (κ1) is 21.3. The summed E-state index contributed by atoms with van der Waals surface area (Å²) in [7, 11) is 0. The standard InChI is InChI=1S/C30H32ClNO/c31-24-13-15-25(16-14-24)33-28-21-30(32-17-7-8-18-32)19-26(22-9-3-1-4-10-22)29(28)27(20-30)23-11-5-2-6-12-23/h1-6,9-16,26-29H,7-8,17-21H2/t26-,27-,28+,29?,30?/m0/s1. The van der Waals surface area contributed by atoms with Crippen molar-refractivity contribution >= 4 is 11.6 Å². The summed E-state index contributed by atoms with van der Waals surface area (Å²) in [6, 6.07) is 30.4. The van der Waals surface area contributed by atoms with Gasteiger partial charge in [-0.15, -0.1) is 0 Å². The minimum absolute atomic E-state index is 0.185. The van der Waals surface area contributed by atoms with Crippen molar-refractivity contribution in [1.29, 1.82) is 0 Å². The summed E-state index contributed by atoms with van der Waals surface area (Å²) in [5.41, 5.74) is 3.14. The first-order valence-electron chi connectivity index (χ1n) is 12.5. The van der Waals surface area contributed by atoms with E-state index in [0.717, 1.165) is 17.2 Å². The number of fused-ring (bicyclic) bond motifs is 3. The summed E-state index contributed by atoms with van der Waals surface area (Å²) in [6.07, 6.45) is 6.42. The Labute approximate surface area is 202 Å². The van der Waals surface area contributed by atoms with E-state index >= 15 is 0 Å². The van der Waals surface area contributed by atoms with Crippen LogP contribution in [0.1, 0.15) is 55.1 Å². The van der Waals surface area contributed by atoms with Crippen molar-refractivity contribution in [3.05, 3.63) is 101 Å². The van der Waals surface area contributed by atoms with Crippen molar-refractivity contribution in [3.63, 3.8) is 0 Å². The van der Waals surface area contributed by atoms with Crippen LogP contribution < -0.4 is 4.74 Å². The Hall–Kier alpha value is -2.29. The highest BCUT2D eigenvalue weighted by Gasteiger charge is 2.59. The molecule has 3 aromatic rings. The minimum Gasteiger partial charge on any atom is -0.490 e. The van der Waals surface area contributed by atoms with E-state index in [2.05, 4.69) is 65.6 Å². The zero-order chi connectivity index (χ0) is 22.3. The summed E-state index contributed by atoms with van der Waals surface area (Å²) in [4.78, 5) is 2.83. The molecule has 3 saturated carbocycles. The van der Waals surface area contributed by atoms with Crippen LogP contribution in [0, 0.1) is 5.92 Å². The van der Waals surface area contributed by atoms with Gasteiger partial charge in [0.2, 0.25) is 0 Å². The Kier molecular flexibility index (Phi) is 5.68. The molecule has 2 bridgehead atoms. The molecule has 1 heterocycles. The number of hydrogen-bond donors (Lipinski definition) is 0. The molecule has 33 heavy (non-hydrogen) atoms. The third-order valence-corrected chi connectivity index (χ3v) is 8.72. The second-order valence-corrected chi connectivity index (χ2v) is 10.7. The van der Waals surface area contributed by atoms with Gasteiger partial charge in [0.15, 0.2) is 0 Å². The molecular weight excluding hydrogens is 426 g/mol. The first-order valence-corrected chi connectivity index (χ1v) is 12.9. The lowest BCUT2D eigenvalue weighted by atomic mass is 9.51. The van der Waals surface area contributed by atoms with Crippen LogP contribution in [0.4, 0.5) is 0 Å². The van der Waals surface area contributed by atoms with Gasteiger partial charge in [0.05, 0.1) is 0 Å². The highest BCUT2D eigenvalue weighted by Crippen LogP contribution is 2.60. The minimum atomic E-state index is 0.185. The predicted octanol–water partition coefficient (Wildman–Crippen LogP) is 7.30. The molecule has 2 nitrogen and oxygen atoms in total. The first-order chi connectivity index (χ1) is 16.2. The van der Waals surface area contributed by atoms with Crippen LogP contribution in [0.15, 0.2) is 84.9 Å². The Morgan fingerprint density at radius 3 is 1.79 bits per heavy atom. The quantitative estimate of drug-likeness (QED) is 0.398. The van der Waals surface area contributed by atoms with E-state index in [9.17, 15) is 0 Å². The molecule has 0 amide bonds. The Morgan fingerprint density at radius 1 is 0.697 bits per heavy atom. The van der Waals surface area contributed by atoms with Crippen LogP contribution in [0.3, 0.4) is 0 Å². The molecule has 7 rings (SSSR count). The molecule has 0 N–H and O–H groups in total. The molecule has 4 fully saturated rings. The Bertz CT molecular complexity index is 1010. The topological polar surface area (TPSA) is 12.5 Å². The van der Waals surface area contributed by atoms with Crippen LogP contribution in [0.25, 0.3) is 0 Å². The number of nitrogens with zero attached hydrogens (tertiary/aromatic N) is 1. The van der Waals surface area contributed by atoms with Gasteiger partial charge in [0.1, 0.15) is 11.9 Å². The van der Waals surface area contributed by atoms with E-state index in [0.29, 0.717) is 17.8 Å². The van der Waals surface area contributed by atoms with Crippen molar-refractivity contribution in [1.82, 2.24) is 4.90 Å². The molecular formula is C30H32ClNO. The normalized spacial score (nSPS) is 31.5. The molecule has 0 radical (unpaired) electrons. The molecule has 3 heteroatoms. The number of hydrogen-bond acceptors (Lipinski definition) is 2. The Balaban J connectivity index is 1.45. The molecule has 0 unspecified atom stereocenters. The van der Waals surface area contributed by atoms with Gasteiger partial charge in [0.25, 0.3) is 0 Å². The molecule has 3 atom stereocenters. The third kappa shape index (κ3) is 3.98. The van der Waals surface area contributed by atoms with Crippen molar-refractivity contribution in [2.24, 2.45) is 5.92 Å². The molecule has 3 aliphatic carbocycles. The lowest BCUT2D eigenvalue weighted by Crippen LogP contribution is -2.63. The van der Waals surface area contributed by atoms with Gasteiger partial charge in [-0.2, -0.15) is 0 Å². The van der Waals surface area contributed by atoms with Crippen LogP contribution in [-0.2, 0) is 0 Å². The molecule has 1 aliphatic heterocycles. The molecule has 0 aromatic heterocycles. The summed E-state index contributed by atoms with van der Waals surface area (Å²) >= 11 is 6.17. The molecule has 0 spiro atoms. The van der Waals surface area contributed by atoms with Gasteiger partial charge in [0, 0.05) is 22.9 Å². The van der Waals surface area contributed by atoms with Crippen molar-refractivity contribution in [2.45, 2.75) is 55.6 Å². The Morgan fingerprint density at radius 2 is 1.24 bits per heavy atom. The zero-order valence-electron chi connectivity index (χ0n) is 19.1. The number of ether oxygens (including phenoxy) is 1. The van der Waals surface area contributed by atoms with E-state index in [1.807, 2.05) is 24.3 Å². The molecule has 170 valence electrons. The summed E-state index contributed by atoms with van der Waals surface area (Å²) in [5.74, 6) is 2.38. The van der Waals surface area contributed by atoms with E-state index in [1.54, 1.807) is 0 Å². The van der Waals surface area contributed by atoms with Crippen LogP contribution in [0.2, 0.25) is 5.02 Å². The molecule has 4 aliphatic rings. The number of likely N-dealkylation sites (tertiary alicyclic amines) is 1. The maximum Gasteiger partial charge on any atom is 0.119 e.